The Hall–Kier alpha value is -0.610. The van der Waals surface area contributed by atoms with Crippen molar-refractivity contribution in [2.24, 2.45) is 0 Å². The Morgan fingerprint density at radius 2 is 1.93 bits per heavy atom. The minimum absolute atomic E-state index is 0.228. The zero-order valence-electron chi connectivity index (χ0n) is 8.61. The maximum absolute atomic E-state index is 5.44. The summed E-state index contributed by atoms with van der Waals surface area (Å²) in [6.45, 7) is 0. The van der Waals surface area contributed by atoms with Crippen LogP contribution in [0, 0.1) is 0 Å². The fourth-order valence-electron chi connectivity index (χ4n) is 1.72. The molecule has 15 heavy (non-hydrogen) atoms. The van der Waals surface area contributed by atoms with Gasteiger partial charge in [-0.05, 0) is 39.8 Å². The Morgan fingerprint density at radius 1 is 1.20 bits per heavy atom. The second kappa shape index (κ2) is 4.94. The summed E-state index contributed by atoms with van der Waals surface area (Å²) < 4.78 is 6.71. The quantitative estimate of drug-likeness (QED) is 0.755. The Morgan fingerprint density at radius 3 is 2.60 bits per heavy atom. The molecule has 0 aromatic heterocycles. The van der Waals surface area contributed by atoms with Gasteiger partial charge in [0.1, 0.15) is 0 Å². The summed E-state index contributed by atoms with van der Waals surface area (Å²) in [6.07, 6.45) is 5.52. The van der Waals surface area contributed by atoms with E-state index in [1.807, 2.05) is 6.07 Å². The van der Waals surface area contributed by atoms with Gasteiger partial charge in [0.2, 0.25) is 0 Å². The summed E-state index contributed by atoms with van der Waals surface area (Å²) >= 11 is 2.34. The highest BCUT2D eigenvalue weighted by atomic mass is 127. The van der Waals surface area contributed by atoms with Crippen LogP contribution in [0.5, 0.6) is 0 Å². The van der Waals surface area contributed by atoms with Gasteiger partial charge in [-0.15, -0.1) is 0 Å². The number of allylic oxidation sites excluding steroid dienone is 2. The zero-order chi connectivity index (χ0) is 10.7. The van der Waals surface area contributed by atoms with Crippen molar-refractivity contribution in [3.05, 3.63) is 51.6 Å². The number of hydrogen-bond donors (Lipinski definition) is 0. The molecule has 1 aromatic rings. The van der Waals surface area contributed by atoms with Crippen molar-refractivity contribution in [2.45, 2.75) is 12.5 Å². The minimum atomic E-state index is 0.228. The van der Waals surface area contributed by atoms with Crippen LogP contribution in [-0.4, -0.2) is 13.2 Å². The molecule has 0 radical (unpaired) electrons. The lowest BCUT2D eigenvalue weighted by molar-refractivity contribution is 0.143. The van der Waals surface area contributed by atoms with Crippen molar-refractivity contribution in [3.8, 4) is 0 Å². The van der Waals surface area contributed by atoms with Crippen LogP contribution < -0.4 is 0 Å². The van der Waals surface area contributed by atoms with Gasteiger partial charge in [-0.2, -0.15) is 0 Å². The van der Waals surface area contributed by atoms with E-state index in [2.05, 4.69) is 59.0 Å². The molecule has 0 bridgehead atoms. The lowest BCUT2D eigenvalue weighted by Crippen LogP contribution is -2.13. The maximum Gasteiger partial charge on any atom is 0.0918 e. The third kappa shape index (κ3) is 2.49. The zero-order valence-corrected chi connectivity index (χ0v) is 10.8. The number of benzene rings is 1. The van der Waals surface area contributed by atoms with Crippen LogP contribution in [0.3, 0.4) is 0 Å². The van der Waals surface area contributed by atoms with Crippen LogP contribution in [-0.2, 0) is 4.74 Å². The first-order valence-corrected chi connectivity index (χ1v) is 6.03. The third-order valence-electron chi connectivity index (χ3n) is 2.59. The van der Waals surface area contributed by atoms with Gasteiger partial charge in [0.15, 0.2) is 0 Å². The minimum Gasteiger partial charge on any atom is -0.376 e. The van der Waals surface area contributed by atoms with E-state index in [4.69, 9.17) is 4.74 Å². The molecule has 1 aromatic carbocycles. The molecule has 0 amide bonds. The monoisotopic (exact) mass is 312 g/mol. The number of rotatable bonds is 2. The molecule has 0 N–H and O–H groups in total. The van der Waals surface area contributed by atoms with Crippen LogP contribution in [0.2, 0.25) is 0 Å². The van der Waals surface area contributed by atoms with Crippen LogP contribution in [0.15, 0.2) is 46.1 Å². The average Bonchev–Trinajstić information content (AvgIpc) is 2.31. The highest BCUT2D eigenvalue weighted by Crippen LogP contribution is 2.31. The Bertz CT molecular complexity index is 392. The molecule has 0 aliphatic heterocycles. The smallest absolute Gasteiger partial charge is 0.0918 e. The van der Waals surface area contributed by atoms with Gasteiger partial charge in [0.05, 0.1) is 6.10 Å². The van der Waals surface area contributed by atoms with E-state index in [9.17, 15) is 0 Å². The van der Waals surface area contributed by atoms with Gasteiger partial charge in [0, 0.05) is 17.1 Å². The summed E-state index contributed by atoms with van der Waals surface area (Å²) in [7, 11) is 1.77. The van der Waals surface area contributed by atoms with Crippen LogP contribution in [0.4, 0.5) is 0 Å². The van der Waals surface area contributed by atoms with Crippen molar-refractivity contribution in [1.82, 2.24) is 0 Å². The van der Waals surface area contributed by atoms with Crippen LogP contribution in [0.25, 0.3) is 5.57 Å². The Balaban J connectivity index is 2.26. The number of ether oxygens (including phenoxy) is 1. The molecule has 0 saturated heterocycles. The lowest BCUT2D eigenvalue weighted by Gasteiger charge is -2.20. The Kier molecular flexibility index (Phi) is 3.59. The first-order chi connectivity index (χ1) is 7.31. The van der Waals surface area contributed by atoms with Crippen LogP contribution >= 0.6 is 22.6 Å². The van der Waals surface area contributed by atoms with Crippen molar-refractivity contribution in [1.29, 1.82) is 0 Å². The normalized spacial score (nSPS) is 20.8. The summed E-state index contributed by atoms with van der Waals surface area (Å²) in [5.74, 6) is 0. The molecule has 78 valence electrons. The molecule has 0 saturated carbocycles. The molecule has 1 atom stereocenters. The topological polar surface area (TPSA) is 9.23 Å². The van der Waals surface area contributed by atoms with E-state index < -0.39 is 0 Å². The van der Waals surface area contributed by atoms with Gasteiger partial charge in [-0.25, -0.2) is 0 Å². The SMILES string of the molecule is COC1CC(c2ccccc2)=CC=C1I. The van der Waals surface area contributed by atoms with E-state index in [1.165, 1.54) is 14.7 Å². The van der Waals surface area contributed by atoms with Gasteiger partial charge < -0.3 is 4.74 Å². The third-order valence-corrected chi connectivity index (χ3v) is 3.64. The van der Waals surface area contributed by atoms with Crippen molar-refractivity contribution in [2.75, 3.05) is 7.11 Å². The first-order valence-electron chi connectivity index (χ1n) is 4.95. The van der Waals surface area contributed by atoms with E-state index in [1.54, 1.807) is 7.11 Å². The molecular formula is C13H13IO. The van der Waals surface area contributed by atoms with Gasteiger partial charge in [-0.3, -0.25) is 0 Å². The standard InChI is InChI=1S/C13H13IO/c1-15-13-9-11(7-8-12(13)14)10-5-3-2-4-6-10/h2-8,13H,9H2,1H3. The first kappa shape index (κ1) is 10.9. The molecule has 1 unspecified atom stereocenters. The number of hydrogen-bond acceptors (Lipinski definition) is 1. The molecule has 2 rings (SSSR count). The fraction of sp³-hybridized carbons (Fsp3) is 0.231. The summed E-state index contributed by atoms with van der Waals surface area (Å²) in [4.78, 5) is 0. The van der Waals surface area contributed by atoms with Gasteiger partial charge >= 0.3 is 0 Å². The van der Waals surface area contributed by atoms with E-state index in [0.29, 0.717) is 0 Å². The molecule has 1 nitrogen and oxygen atoms in total. The lowest BCUT2D eigenvalue weighted by atomic mass is 9.96. The maximum atomic E-state index is 5.44. The molecule has 0 fully saturated rings. The number of methoxy groups -OCH3 is 1. The Labute approximate surface area is 104 Å². The largest absolute Gasteiger partial charge is 0.376 e. The van der Waals surface area contributed by atoms with Gasteiger partial charge in [0.25, 0.3) is 0 Å². The molecule has 1 aliphatic carbocycles. The summed E-state index contributed by atoms with van der Waals surface area (Å²) in [5.41, 5.74) is 2.64. The molecule has 0 spiro atoms. The van der Waals surface area contributed by atoms with Crippen molar-refractivity contribution >= 4 is 28.2 Å². The highest BCUT2D eigenvalue weighted by Gasteiger charge is 2.17. The summed E-state index contributed by atoms with van der Waals surface area (Å²) in [6, 6.07) is 10.5. The average molecular weight is 312 g/mol. The second-order valence-corrected chi connectivity index (χ2v) is 4.78. The summed E-state index contributed by atoms with van der Waals surface area (Å²) in [5, 5.41) is 0. The highest BCUT2D eigenvalue weighted by molar-refractivity contribution is 14.1. The van der Waals surface area contributed by atoms with Crippen molar-refractivity contribution in [3.63, 3.8) is 0 Å². The fourth-order valence-corrected chi connectivity index (χ4v) is 2.37. The van der Waals surface area contributed by atoms with E-state index >= 15 is 0 Å². The van der Waals surface area contributed by atoms with Crippen molar-refractivity contribution < 1.29 is 4.74 Å². The van der Waals surface area contributed by atoms with Crippen LogP contribution in [0.1, 0.15) is 12.0 Å². The van der Waals surface area contributed by atoms with E-state index in [-0.39, 0.29) is 6.10 Å². The number of halogens is 1. The molecule has 0 heterocycles. The predicted octanol–water partition coefficient (Wildman–Crippen LogP) is 3.81. The molecule has 2 heteroatoms. The van der Waals surface area contributed by atoms with Gasteiger partial charge in [-0.1, -0.05) is 36.4 Å². The van der Waals surface area contributed by atoms with E-state index in [0.717, 1.165) is 6.42 Å². The molecule has 1 aliphatic rings. The molecular weight excluding hydrogens is 299 g/mol. The second-order valence-electron chi connectivity index (χ2n) is 3.54. The predicted molar refractivity (Wildman–Crippen MR) is 71.9 cm³/mol.